The topological polar surface area (TPSA) is 0 Å². The minimum atomic E-state index is 0. The van der Waals surface area contributed by atoms with Gasteiger partial charge in [0.2, 0.25) is 0 Å². The minimum absolute atomic E-state index is 0. The first kappa shape index (κ1) is 558. The van der Waals surface area contributed by atoms with E-state index in [-0.39, 0.29) is 128 Å². The largest absolute Gasteiger partial charge is 2.00 e. The Hall–Kier alpha value is 2.08. The second-order valence-corrected chi connectivity index (χ2v) is 0. The maximum atomic E-state index is 0. The second-order valence-electron chi connectivity index (χ2n) is 0. The summed E-state index contributed by atoms with van der Waals surface area (Å²) in [7, 11) is 0. The molecule has 0 heterocycles. The van der Waals surface area contributed by atoms with Crippen LogP contribution in [0.25, 0.3) is 0 Å². The van der Waals surface area contributed by atoms with Crippen molar-refractivity contribution in [3.8, 4) is 0 Å². The van der Waals surface area contributed by atoms with E-state index < -0.39 is 0 Å². The van der Waals surface area contributed by atoms with Gasteiger partial charge in [-0.25, -0.2) is 0 Å². The fraction of sp³-hybridized carbons (Fsp3) is 0. The van der Waals surface area contributed by atoms with E-state index in [2.05, 4.69) is 0 Å². The Balaban J connectivity index is 0. The Bertz CT molecular complexity index is 11.0. The molecule has 0 aliphatic heterocycles. The van der Waals surface area contributed by atoms with Crippen molar-refractivity contribution in [2.75, 3.05) is 0 Å². The summed E-state index contributed by atoms with van der Waals surface area (Å²) in [5.74, 6) is 0. The first-order valence-electron chi connectivity index (χ1n) is 0. The number of rotatable bonds is 0. The van der Waals surface area contributed by atoms with E-state index in [4.69, 9.17) is 0 Å². The minimum Gasteiger partial charge on any atom is -0.358 e. The molecular weight excluding hydrogens is 350 g/mol. The molecular formula is C8H24Cu4-4. The van der Waals surface area contributed by atoms with Crippen molar-refractivity contribution >= 4 is 0 Å². The van der Waals surface area contributed by atoms with Crippen LogP contribution in [-0.2, 0) is 68.3 Å². The average Bonchev–Trinajstić information content (AvgIpc) is 0. The third-order valence-electron chi connectivity index (χ3n) is 0. The van der Waals surface area contributed by atoms with Gasteiger partial charge in [0.1, 0.15) is 0 Å². The fourth-order valence-corrected chi connectivity index (χ4v) is 0. The molecule has 0 saturated carbocycles. The van der Waals surface area contributed by atoms with Crippen LogP contribution in [0.1, 0.15) is 0 Å². The van der Waals surface area contributed by atoms with Crippen LogP contribution in [0.4, 0.5) is 0 Å². The van der Waals surface area contributed by atoms with Crippen LogP contribution >= 0.6 is 0 Å². The van der Waals surface area contributed by atoms with E-state index in [0.29, 0.717) is 0 Å². The Kier molecular flexibility index (Phi) is 20500. The Labute approximate surface area is 127 Å². The van der Waals surface area contributed by atoms with Crippen molar-refractivity contribution in [2.24, 2.45) is 0 Å². The quantitative estimate of drug-likeness (QED) is 0.449. The van der Waals surface area contributed by atoms with Crippen LogP contribution in [0.2, 0.25) is 0 Å². The first-order valence-corrected chi connectivity index (χ1v) is 0. The summed E-state index contributed by atoms with van der Waals surface area (Å²) >= 11 is 0. The van der Waals surface area contributed by atoms with Gasteiger partial charge in [-0.05, 0) is 0 Å². The van der Waals surface area contributed by atoms with Crippen LogP contribution in [0, 0.1) is 59.4 Å². The molecule has 0 aromatic carbocycles. The van der Waals surface area contributed by atoms with E-state index in [0.717, 1.165) is 0 Å². The van der Waals surface area contributed by atoms with Crippen molar-refractivity contribution in [1.82, 2.24) is 0 Å². The van der Waals surface area contributed by atoms with Crippen LogP contribution in [0.5, 0.6) is 0 Å². The summed E-state index contributed by atoms with van der Waals surface area (Å²) in [4.78, 5) is 0. The summed E-state index contributed by atoms with van der Waals surface area (Å²) in [6, 6.07) is 0. The molecule has 0 aliphatic rings. The van der Waals surface area contributed by atoms with Gasteiger partial charge in [0, 0.05) is 17.1 Å². The molecule has 0 unspecified atom stereocenters. The fourth-order valence-electron chi connectivity index (χ4n) is 0. The van der Waals surface area contributed by atoms with Gasteiger partial charge in [-0.2, -0.15) is 0 Å². The molecule has 0 bridgehead atoms. The number of hydrogen-bond donors (Lipinski definition) is 0. The molecule has 4 heteroatoms. The summed E-state index contributed by atoms with van der Waals surface area (Å²) in [5, 5.41) is 0. The van der Waals surface area contributed by atoms with E-state index in [1.807, 2.05) is 0 Å². The normalized spacial score (nSPS) is 0. The molecule has 0 amide bonds. The van der Waals surface area contributed by atoms with Crippen LogP contribution in [-0.4, -0.2) is 0 Å². The smallest absolute Gasteiger partial charge is 0.358 e. The molecule has 0 spiro atoms. The van der Waals surface area contributed by atoms with Gasteiger partial charge in [0.25, 0.3) is 0 Å². The molecule has 0 rings (SSSR count). The maximum Gasteiger partial charge on any atom is 2.00 e. The summed E-state index contributed by atoms with van der Waals surface area (Å²) < 4.78 is 0. The van der Waals surface area contributed by atoms with E-state index in [1.54, 1.807) is 0 Å². The van der Waals surface area contributed by atoms with Gasteiger partial charge < -0.3 is 59.4 Å². The van der Waals surface area contributed by atoms with Crippen LogP contribution in [0.3, 0.4) is 0 Å². The van der Waals surface area contributed by atoms with Gasteiger partial charge in [0.05, 0.1) is 0 Å². The molecule has 0 N–H and O–H groups in total. The Morgan fingerprint density at radius 3 is 0.333 bits per heavy atom. The van der Waals surface area contributed by atoms with Crippen molar-refractivity contribution in [1.29, 1.82) is 0 Å². The first-order chi connectivity index (χ1) is 0. The van der Waals surface area contributed by atoms with Crippen molar-refractivity contribution in [3.05, 3.63) is 59.4 Å². The molecule has 12 heavy (non-hydrogen) atoms. The molecule has 0 aromatic heterocycles. The second kappa shape index (κ2) is 442. The molecule has 0 atom stereocenters. The third kappa shape index (κ3) is 343. The third-order valence-corrected chi connectivity index (χ3v) is 0. The van der Waals surface area contributed by atoms with Gasteiger partial charge in [-0.15, -0.1) is 0 Å². The molecule has 0 fully saturated rings. The molecule has 2 radical (unpaired) electrons. The van der Waals surface area contributed by atoms with E-state index in [9.17, 15) is 0 Å². The molecule has 0 aliphatic carbocycles. The van der Waals surface area contributed by atoms with Crippen LogP contribution in [0.15, 0.2) is 0 Å². The maximum absolute atomic E-state index is 0. The van der Waals surface area contributed by atoms with Gasteiger partial charge in [-0.1, -0.05) is 0 Å². The Morgan fingerprint density at radius 2 is 0.333 bits per heavy atom. The van der Waals surface area contributed by atoms with Crippen molar-refractivity contribution < 1.29 is 68.3 Å². The average molecular weight is 374 g/mol. The van der Waals surface area contributed by atoms with Crippen molar-refractivity contribution in [3.63, 3.8) is 0 Å². The molecule has 0 aromatic rings. The van der Waals surface area contributed by atoms with Gasteiger partial charge in [-0.3, -0.25) is 0 Å². The van der Waals surface area contributed by atoms with Crippen LogP contribution < -0.4 is 0 Å². The van der Waals surface area contributed by atoms with Gasteiger partial charge >= 0.3 is 51.2 Å². The van der Waals surface area contributed by atoms with Crippen molar-refractivity contribution in [2.45, 2.75) is 0 Å². The molecule has 0 nitrogen and oxygen atoms in total. The van der Waals surface area contributed by atoms with Gasteiger partial charge in [0.15, 0.2) is 0 Å². The zero-order valence-corrected chi connectivity index (χ0v) is 13.0. The summed E-state index contributed by atoms with van der Waals surface area (Å²) in [6.07, 6.45) is 0. The standard InChI is InChI=1S/8CH3.4Cu/h8*1H3;;;;/q8*-1;;2*+1;+2. The Morgan fingerprint density at radius 1 is 0.333 bits per heavy atom. The zero-order valence-electron chi connectivity index (χ0n) is 9.21. The zero-order chi connectivity index (χ0) is 0. The molecule has 0 saturated heterocycles. The SMILES string of the molecule is [CH3-].[CH3-].[CH3-].[CH3-].[CH3-].[CH3-].[CH3-].[CH3-].[Cu+2].[Cu+].[Cu+].[Cu]. The van der Waals surface area contributed by atoms with E-state index >= 15 is 0 Å². The monoisotopic (exact) mass is 372 g/mol. The molecule has 104 valence electrons. The summed E-state index contributed by atoms with van der Waals surface area (Å²) in [6.45, 7) is 0. The predicted molar refractivity (Wildman–Crippen MR) is 51.3 cm³/mol. The summed E-state index contributed by atoms with van der Waals surface area (Å²) in [5.41, 5.74) is 0. The van der Waals surface area contributed by atoms with E-state index in [1.165, 1.54) is 0 Å². The predicted octanol–water partition coefficient (Wildman–Crippen LogP) is 3.59. The number of hydrogen-bond acceptors (Lipinski definition) is 0.